The third-order valence-corrected chi connectivity index (χ3v) is 9.61. The van der Waals surface area contributed by atoms with Gasteiger partial charge in [-0.1, -0.05) is 17.3 Å². The van der Waals surface area contributed by atoms with Crippen LogP contribution in [0.2, 0.25) is 0 Å². The Hall–Kier alpha value is -3.94. The molecular weight excluding hydrogens is 548 g/mol. The quantitative estimate of drug-likeness (QED) is 0.347. The number of aliphatic carboxylic acids is 1. The summed E-state index contributed by atoms with van der Waals surface area (Å²) in [6.45, 7) is 6.94. The summed E-state index contributed by atoms with van der Waals surface area (Å²) in [5.41, 5.74) is 4.21. The van der Waals surface area contributed by atoms with E-state index < -0.39 is 27.5 Å². The first-order valence-corrected chi connectivity index (χ1v) is 14.8. The zero-order valence-corrected chi connectivity index (χ0v) is 23.8. The normalized spacial score (nSPS) is 18.3. The van der Waals surface area contributed by atoms with E-state index in [1.165, 1.54) is 16.6 Å². The van der Waals surface area contributed by atoms with Crippen LogP contribution in [0.1, 0.15) is 47.3 Å². The molecule has 13 heteroatoms. The van der Waals surface area contributed by atoms with Gasteiger partial charge < -0.3 is 14.6 Å². The molecule has 0 bridgehead atoms. The predicted octanol–water partition coefficient (Wildman–Crippen LogP) is 2.82. The van der Waals surface area contributed by atoms with Crippen molar-refractivity contribution in [1.29, 1.82) is 0 Å². The van der Waals surface area contributed by atoms with Crippen molar-refractivity contribution in [3.63, 3.8) is 0 Å². The van der Waals surface area contributed by atoms with Gasteiger partial charge in [0.25, 0.3) is 0 Å². The Morgan fingerprint density at radius 2 is 1.98 bits per heavy atom. The molecule has 1 N–H and O–H groups in total. The first kappa shape index (κ1) is 27.2. The van der Waals surface area contributed by atoms with E-state index in [0.717, 1.165) is 22.2 Å². The highest BCUT2D eigenvalue weighted by Gasteiger charge is 2.49. The van der Waals surface area contributed by atoms with Gasteiger partial charge in [-0.15, -0.1) is 5.10 Å². The third kappa shape index (κ3) is 4.73. The molecule has 41 heavy (non-hydrogen) atoms. The molecule has 0 radical (unpaired) electrons. The molecular formula is C28H30N6O6S. The maximum atomic E-state index is 13.8. The van der Waals surface area contributed by atoms with Crippen molar-refractivity contribution in [1.82, 2.24) is 29.3 Å². The Kier molecular flexibility index (Phi) is 6.75. The molecule has 0 unspecified atom stereocenters. The maximum Gasteiger partial charge on any atom is 0.304 e. The number of fused-ring (bicyclic) bond motifs is 2. The molecule has 1 fully saturated rings. The van der Waals surface area contributed by atoms with Crippen LogP contribution in [-0.2, 0) is 32.6 Å². The van der Waals surface area contributed by atoms with Crippen molar-refractivity contribution >= 4 is 27.0 Å². The van der Waals surface area contributed by atoms with Crippen LogP contribution in [0.4, 0.5) is 0 Å². The number of carbonyl (C=O) groups is 1. The molecule has 3 aromatic heterocycles. The van der Waals surface area contributed by atoms with Gasteiger partial charge in [-0.05, 0) is 61.7 Å². The Labute approximate surface area is 237 Å². The van der Waals surface area contributed by atoms with Crippen molar-refractivity contribution in [3.8, 4) is 5.88 Å². The Morgan fingerprint density at radius 3 is 2.68 bits per heavy atom. The van der Waals surface area contributed by atoms with Gasteiger partial charge in [0.2, 0.25) is 15.9 Å². The number of carboxylic acid groups (broad SMARTS) is 1. The third-order valence-electron chi connectivity index (χ3n) is 7.80. The van der Waals surface area contributed by atoms with E-state index >= 15 is 0 Å². The summed E-state index contributed by atoms with van der Waals surface area (Å²) in [5.74, 6) is -1.49. The molecule has 1 atom stereocenters. The fraction of sp³-hybridized carbons (Fsp3) is 0.393. The van der Waals surface area contributed by atoms with E-state index in [0.29, 0.717) is 23.4 Å². The largest absolute Gasteiger partial charge is 0.481 e. The average Bonchev–Trinajstić information content (AvgIpc) is 3.31. The van der Waals surface area contributed by atoms with Crippen LogP contribution in [0.25, 0.3) is 11.0 Å². The predicted molar refractivity (Wildman–Crippen MR) is 147 cm³/mol. The minimum absolute atomic E-state index is 0.00890. The van der Waals surface area contributed by atoms with Crippen LogP contribution in [0.5, 0.6) is 5.88 Å². The molecule has 2 aliphatic rings. The molecule has 4 aromatic rings. The van der Waals surface area contributed by atoms with E-state index in [2.05, 4.69) is 15.3 Å². The number of rotatable bonds is 7. The fourth-order valence-corrected chi connectivity index (χ4v) is 7.05. The monoisotopic (exact) mass is 578 g/mol. The number of hydrogen-bond donors (Lipinski definition) is 1. The molecule has 0 aliphatic carbocycles. The number of pyridine rings is 2. The Morgan fingerprint density at radius 1 is 1.17 bits per heavy atom. The smallest absolute Gasteiger partial charge is 0.304 e. The Bertz CT molecular complexity index is 1770. The highest BCUT2D eigenvalue weighted by Crippen LogP contribution is 2.37. The molecule has 1 saturated heterocycles. The van der Waals surface area contributed by atoms with Gasteiger partial charge in [0, 0.05) is 24.4 Å². The van der Waals surface area contributed by atoms with E-state index in [4.69, 9.17) is 14.5 Å². The fourth-order valence-electron chi connectivity index (χ4n) is 5.50. The summed E-state index contributed by atoms with van der Waals surface area (Å²) in [6.07, 6.45) is 1.30. The van der Waals surface area contributed by atoms with Gasteiger partial charge in [0.1, 0.15) is 10.4 Å². The average molecular weight is 579 g/mol. The van der Waals surface area contributed by atoms with Crippen molar-refractivity contribution in [3.05, 3.63) is 70.7 Å². The van der Waals surface area contributed by atoms with Gasteiger partial charge in [0.15, 0.2) is 5.60 Å². The van der Waals surface area contributed by atoms with Crippen LogP contribution in [0.3, 0.4) is 0 Å². The summed E-state index contributed by atoms with van der Waals surface area (Å²) in [6, 6.07) is 10.5. The summed E-state index contributed by atoms with van der Waals surface area (Å²) in [4.78, 5) is 21.1. The molecule has 0 amide bonds. The van der Waals surface area contributed by atoms with E-state index in [-0.39, 0.29) is 43.5 Å². The van der Waals surface area contributed by atoms with Crippen LogP contribution in [0, 0.1) is 13.8 Å². The number of sulfonamides is 1. The second kappa shape index (κ2) is 10.2. The number of aryl methyl sites for hydroxylation is 3. The highest BCUT2D eigenvalue weighted by molar-refractivity contribution is 7.89. The number of aromatic nitrogens is 5. The van der Waals surface area contributed by atoms with Crippen LogP contribution in [-0.4, -0.2) is 74.1 Å². The number of ether oxygens (including phenoxy) is 2. The first-order chi connectivity index (χ1) is 19.6. The van der Waals surface area contributed by atoms with Crippen molar-refractivity contribution in [2.75, 3.05) is 19.8 Å². The van der Waals surface area contributed by atoms with Crippen molar-refractivity contribution in [2.24, 2.45) is 0 Å². The molecule has 214 valence electrons. The van der Waals surface area contributed by atoms with Gasteiger partial charge in [0.05, 0.1) is 43.9 Å². The lowest BCUT2D eigenvalue weighted by molar-refractivity contribution is -0.166. The van der Waals surface area contributed by atoms with E-state index in [1.807, 2.05) is 39.0 Å². The van der Waals surface area contributed by atoms with Gasteiger partial charge in [-0.25, -0.2) is 18.1 Å². The standard InChI is InChI=1S/C28H30N6O6S/c1-4-34-23-10-8-19(18(3)26(23)31-32-34)20(12-25(35)36)21-9-7-17(2)22(30-21)13-33-14-28(15-39-16-28)40-27-24(41(33,37)38)6-5-11-29-27/h5-11,20H,4,12-16H2,1-3H3,(H,35,36)/t20-/m1/s1. The summed E-state index contributed by atoms with van der Waals surface area (Å²) >= 11 is 0. The van der Waals surface area contributed by atoms with Crippen molar-refractivity contribution in [2.45, 2.75) is 56.7 Å². The molecule has 2 aliphatic heterocycles. The lowest BCUT2D eigenvalue weighted by Crippen LogP contribution is -2.60. The van der Waals surface area contributed by atoms with Gasteiger partial charge >= 0.3 is 5.97 Å². The topological polar surface area (TPSA) is 150 Å². The van der Waals surface area contributed by atoms with E-state index in [1.54, 1.807) is 16.8 Å². The number of benzene rings is 1. The van der Waals surface area contributed by atoms with Gasteiger partial charge in [-0.3, -0.25) is 9.78 Å². The summed E-state index contributed by atoms with van der Waals surface area (Å²) < 4.78 is 42.2. The minimum atomic E-state index is -3.98. The number of carboxylic acids is 1. The zero-order valence-electron chi connectivity index (χ0n) is 22.9. The second-order valence-electron chi connectivity index (χ2n) is 10.6. The first-order valence-electron chi connectivity index (χ1n) is 13.3. The highest BCUT2D eigenvalue weighted by atomic mass is 32.2. The lowest BCUT2D eigenvalue weighted by Gasteiger charge is -2.41. The SMILES string of the molecule is CCn1nnc2c(C)c([C@@H](CC(=O)O)c3ccc(C)c(CN4CC5(COC5)Oc5ncccc5S4(=O)=O)n3)ccc21. The molecule has 1 spiro atoms. The lowest BCUT2D eigenvalue weighted by atomic mass is 9.88. The Balaban J connectivity index is 1.40. The van der Waals surface area contributed by atoms with Crippen LogP contribution in [0.15, 0.2) is 47.5 Å². The number of hydrogen-bond acceptors (Lipinski definition) is 9. The summed E-state index contributed by atoms with van der Waals surface area (Å²) in [7, 11) is -3.98. The van der Waals surface area contributed by atoms with E-state index in [9.17, 15) is 18.3 Å². The molecule has 5 heterocycles. The minimum Gasteiger partial charge on any atom is -0.481 e. The summed E-state index contributed by atoms with van der Waals surface area (Å²) in [5, 5.41) is 18.4. The molecule has 12 nitrogen and oxygen atoms in total. The van der Waals surface area contributed by atoms with Crippen molar-refractivity contribution < 1.29 is 27.8 Å². The molecule has 0 saturated carbocycles. The van der Waals surface area contributed by atoms with Crippen LogP contribution >= 0.6 is 0 Å². The van der Waals surface area contributed by atoms with Crippen LogP contribution < -0.4 is 4.74 Å². The van der Waals surface area contributed by atoms with Gasteiger partial charge in [-0.2, -0.15) is 4.31 Å². The maximum absolute atomic E-state index is 13.8. The number of nitrogens with zero attached hydrogens (tertiary/aromatic N) is 6. The zero-order chi connectivity index (χ0) is 28.9. The molecule has 1 aromatic carbocycles. The second-order valence-corrected chi connectivity index (χ2v) is 12.5. The molecule has 6 rings (SSSR count).